The highest BCUT2D eigenvalue weighted by Crippen LogP contribution is 2.44. The first-order valence-corrected chi connectivity index (χ1v) is 15.0. The summed E-state index contributed by atoms with van der Waals surface area (Å²) in [4.78, 5) is 42.4. The first kappa shape index (κ1) is 26.6. The third-order valence-corrected chi connectivity index (χ3v) is 9.60. The largest absolute Gasteiger partial charge is 0.494 e. The minimum Gasteiger partial charge on any atom is -0.494 e. The van der Waals surface area contributed by atoms with E-state index in [1.54, 1.807) is 30.3 Å². The van der Waals surface area contributed by atoms with Gasteiger partial charge >= 0.3 is 5.97 Å². The van der Waals surface area contributed by atoms with Crippen molar-refractivity contribution in [3.05, 3.63) is 82.4 Å². The van der Waals surface area contributed by atoms with E-state index in [4.69, 9.17) is 15.2 Å². The zero-order valence-electron chi connectivity index (χ0n) is 22.6. The molecule has 0 bridgehead atoms. The summed E-state index contributed by atoms with van der Waals surface area (Å²) in [7, 11) is 0. The molecule has 3 aliphatic carbocycles. The van der Waals surface area contributed by atoms with Crippen LogP contribution in [0.15, 0.2) is 64.4 Å². The maximum atomic E-state index is 13.7. The number of anilines is 1. The molecule has 3 atom stereocenters. The van der Waals surface area contributed by atoms with Gasteiger partial charge in [-0.25, -0.2) is 4.79 Å². The van der Waals surface area contributed by atoms with Crippen molar-refractivity contribution in [3.63, 3.8) is 0 Å². The maximum Gasteiger partial charge on any atom is 0.340 e. The molecule has 3 aromatic rings. The number of nitrogen functional groups attached to an aromatic ring is 1. The monoisotopic (exact) mass is 555 g/mol. The SMILES string of the molecule is CCOc1ccc(Sc2cc(C(=O)O[C@@H]3CC[C@@H]4CCCCC4C3)c(N)c3c2C(=O)c2ccccc2C3=O)cc1. The lowest BCUT2D eigenvalue weighted by Gasteiger charge is -2.38. The van der Waals surface area contributed by atoms with E-state index in [-0.39, 0.29) is 40.0 Å². The third-order valence-electron chi connectivity index (χ3n) is 8.55. The second-order valence-electron chi connectivity index (χ2n) is 10.9. The van der Waals surface area contributed by atoms with Crippen LogP contribution in [0.1, 0.15) is 94.1 Å². The molecule has 40 heavy (non-hydrogen) atoms. The summed E-state index contributed by atoms with van der Waals surface area (Å²) in [6, 6.07) is 15.9. The summed E-state index contributed by atoms with van der Waals surface area (Å²) in [5.74, 6) is 0.908. The van der Waals surface area contributed by atoms with Gasteiger partial charge in [0, 0.05) is 26.5 Å². The van der Waals surface area contributed by atoms with Crippen LogP contribution in [0.25, 0.3) is 0 Å². The van der Waals surface area contributed by atoms with Crippen molar-refractivity contribution in [2.24, 2.45) is 11.8 Å². The van der Waals surface area contributed by atoms with Gasteiger partial charge in [0.05, 0.1) is 23.4 Å². The van der Waals surface area contributed by atoms with E-state index in [9.17, 15) is 14.4 Å². The Kier molecular flexibility index (Phi) is 7.41. The van der Waals surface area contributed by atoms with E-state index < -0.39 is 5.97 Å². The topological polar surface area (TPSA) is 95.7 Å². The Morgan fingerprint density at radius 2 is 1.57 bits per heavy atom. The zero-order valence-corrected chi connectivity index (χ0v) is 23.4. The van der Waals surface area contributed by atoms with E-state index in [0.29, 0.717) is 28.5 Å². The van der Waals surface area contributed by atoms with Gasteiger partial charge in [0.15, 0.2) is 11.6 Å². The van der Waals surface area contributed by atoms with Gasteiger partial charge in [-0.1, -0.05) is 61.7 Å². The fourth-order valence-electron chi connectivity index (χ4n) is 6.58. The highest BCUT2D eigenvalue weighted by molar-refractivity contribution is 7.99. The number of ketones is 2. The van der Waals surface area contributed by atoms with Crippen LogP contribution in [0.4, 0.5) is 5.69 Å². The second-order valence-corrected chi connectivity index (χ2v) is 12.1. The predicted molar refractivity (Wildman–Crippen MR) is 154 cm³/mol. The van der Waals surface area contributed by atoms with Crippen LogP contribution in [0, 0.1) is 11.8 Å². The summed E-state index contributed by atoms with van der Waals surface area (Å²) in [6.07, 6.45) is 7.63. The first-order chi connectivity index (χ1) is 19.4. The Labute approximate surface area is 238 Å². The summed E-state index contributed by atoms with van der Waals surface area (Å²) in [6.45, 7) is 2.48. The Morgan fingerprint density at radius 3 is 2.27 bits per heavy atom. The number of hydrogen-bond acceptors (Lipinski definition) is 7. The van der Waals surface area contributed by atoms with Crippen LogP contribution in [-0.2, 0) is 4.74 Å². The average molecular weight is 556 g/mol. The molecular weight excluding hydrogens is 522 g/mol. The normalized spacial score (nSPS) is 21.7. The Morgan fingerprint density at radius 1 is 0.900 bits per heavy atom. The molecule has 1 unspecified atom stereocenters. The van der Waals surface area contributed by atoms with Crippen molar-refractivity contribution < 1.29 is 23.9 Å². The average Bonchev–Trinajstić information content (AvgIpc) is 2.97. The minimum atomic E-state index is -0.535. The lowest BCUT2D eigenvalue weighted by Crippen LogP contribution is -2.33. The van der Waals surface area contributed by atoms with Crippen molar-refractivity contribution in [3.8, 4) is 5.75 Å². The molecule has 0 saturated heterocycles. The quantitative estimate of drug-likeness (QED) is 0.200. The van der Waals surface area contributed by atoms with Gasteiger partial charge in [-0.3, -0.25) is 9.59 Å². The van der Waals surface area contributed by atoms with E-state index in [1.165, 1.54) is 37.4 Å². The van der Waals surface area contributed by atoms with Crippen molar-refractivity contribution in [1.29, 1.82) is 0 Å². The fourth-order valence-corrected chi connectivity index (χ4v) is 7.58. The van der Waals surface area contributed by atoms with Gasteiger partial charge in [-0.05, 0) is 68.4 Å². The smallest absolute Gasteiger partial charge is 0.340 e. The lowest BCUT2D eigenvalue weighted by molar-refractivity contribution is -0.000863. The zero-order chi connectivity index (χ0) is 27.8. The molecule has 2 saturated carbocycles. The molecule has 6 nitrogen and oxygen atoms in total. The van der Waals surface area contributed by atoms with Gasteiger partial charge in [-0.15, -0.1) is 0 Å². The number of esters is 1. The molecule has 0 spiro atoms. The van der Waals surface area contributed by atoms with Crippen LogP contribution in [0.5, 0.6) is 5.75 Å². The van der Waals surface area contributed by atoms with Crippen LogP contribution < -0.4 is 10.5 Å². The number of nitrogens with two attached hydrogens (primary N) is 1. The minimum absolute atomic E-state index is 0.00949. The molecule has 7 heteroatoms. The molecule has 3 aliphatic rings. The van der Waals surface area contributed by atoms with Gasteiger partial charge < -0.3 is 15.2 Å². The molecule has 0 aromatic heterocycles. The van der Waals surface area contributed by atoms with Crippen molar-refractivity contribution in [2.45, 2.75) is 67.8 Å². The maximum absolute atomic E-state index is 13.7. The molecule has 206 valence electrons. The Hall–Kier alpha value is -3.58. The number of fused-ring (bicyclic) bond motifs is 3. The van der Waals surface area contributed by atoms with Gasteiger partial charge in [0.1, 0.15) is 11.9 Å². The highest BCUT2D eigenvalue weighted by Gasteiger charge is 2.38. The van der Waals surface area contributed by atoms with E-state index in [1.807, 2.05) is 31.2 Å². The highest BCUT2D eigenvalue weighted by atomic mass is 32.2. The van der Waals surface area contributed by atoms with Crippen LogP contribution in [-0.4, -0.2) is 30.2 Å². The predicted octanol–water partition coefficient (Wildman–Crippen LogP) is 7.11. The number of ether oxygens (including phenoxy) is 2. The third kappa shape index (κ3) is 4.92. The molecule has 0 heterocycles. The van der Waals surface area contributed by atoms with Crippen LogP contribution in [0.2, 0.25) is 0 Å². The molecule has 3 aromatic carbocycles. The first-order valence-electron chi connectivity index (χ1n) is 14.2. The Balaban J connectivity index is 1.37. The molecule has 2 fully saturated rings. The standard InChI is InChI=1S/C33H33NO5S/c1-2-38-21-13-15-23(16-14-21)40-27-18-26(33(37)39-22-12-11-19-7-3-4-8-20(19)17-22)30(34)29-28(27)31(35)24-9-5-6-10-25(24)32(29)36/h5-6,9-10,13-16,18-20,22H,2-4,7-8,11-12,17,34H2,1H3/t19-,20?,22+/m0/s1. The number of benzene rings is 3. The molecule has 0 radical (unpaired) electrons. The van der Waals surface area contributed by atoms with Gasteiger partial charge in [0.2, 0.25) is 0 Å². The lowest BCUT2D eigenvalue weighted by atomic mass is 9.70. The molecular formula is C33H33NO5S. The van der Waals surface area contributed by atoms with Crippen molar-refractivity contribution in [1.82, 2.24) is 0 Å². The second kappa shape index (κ2) is 11.1. The molecule has 0 aliphatic heterocycles. The van der Waals surface area contributed by atoms with E-state index in [0.717, 1.165) is 35.8 Å². The van der Waals surface area contributed by atoms with Crippen LogP contribution >= 0.6 is 11.8 Å². The summed E-state index contributed by atoms with van der Waals surface area (Å²) in [5.41, 5.74) is 7.65. The van der Waals surface area contributed by atoms with Gasteiger partial charge in [0.25, 0.3) is 0 Å². The van der Waals surface area contributed by atoms with Crippen molar-refractivity contribution in [2.75, 3.05) is 12.3 Å². The fraction of sp³-hybridized carbons (Fsp3) is 0.364. The van der Waals surface area contributed by atoms with Crippen molar-refractivity contribution >= 4 is 35.0 Å². The van der Waals surface area contributed by atoms with E-state index in [2.05, 4.69) is 0 Å². The Bertz CT molecular complexity index is 1480. The van der Waals surface area contributed by atoms with Gasteiger partial charge in [-0.2, -0.15) is 0 Å². The van der Waals surface area contributed by atoms with E-state index >= 15 is 0 Å². The number of carbonyl (C=O) groups is 3. The summed E-state index contributed by atoms with van der Waals surface area (Å²) < 4.78 is 11.6. The van der Waals surface area contributed by atoms with Crippen LogP contribution in [0.3, 0.4) is 0 Å². The number of hydrogen-bond donors (Lipinski definition) is 1. The molecule has 0 amide bonds. The summed E-state index contributed by atoms with van der Waals surface area (Å²) >= 11 is 1.32. The summed E-state index contributed by atoms with van der Waals surface area (Å²) in [5, 5.41) is 0. The molecule has 6 rings (SSSR count). The number of carbonyl (C=O) groups excluding carboxylic acids is 3. The molecule has 2 N–H and O–H groups in total. The number of rotatable bonds is 6.